The first-order valence-electron chi connectivity index (χ1n) is 10.8. The number of pyridine rings is 1. The average molecular weight is 350 g/mol. The van der Waals surface area contributed by atoms with E-state index >= 15 is 0 Å². The number of hydrogen-bond acceptors (Lipinski definition) is 1. The van der Waals surface area contributed by atoms with Gasteiger partial charge in [0, 0.05) is 11.8 Å². The fourth-order valence-corrected chi connectivity index (χ4v) is 4.58. The first-order valence-corrected chi connectivity index (χ1v) is 10.8. The lowest BCUT2D eigenvalue weighted by Crippen LogP contribution is -2.22. The van der Waals surface area contributed by atoms with E-state index < -0.39 is 0 Å². The molecular formula is C25H35N. The number of rotatable bonds is 7. The molecule has 2 aromatic rings. The first-order chi connectivity index (χ1) is 12.7. The van der Waals surface area contributed by atoms with E-state index in [-0.39, 0.29) is 0 Å². The Morgan fingerprint density at radius 1 is 0.962 bits per heavy atom. The summed E-state index contributed by atoms with van der Waals surface area (Å²) in [4.78, 5) is 4.62. The van der Waals surface area contributed by atoms with E-state index in [0.29, 0.717) is 0 Å². The number of hydrogen-bond donors (Lipinski definition) is 0. The molecule has 1 nitrogen and oxygen atoms in total. The van der Waals surface area contributed by atoms with Crippen LogP contribution in [0.4, 0.5) is 0 Å². The highest BCUT2D eigenvalue weighted by molar-refractivity contribution is 5.59. The van der Waals surface area contributed by atoms with Crippen LogP contribution >= 0.6 is 0 Å². The van der Waals surface area contributed by atoms with Gasteiger partial charge in [0.1, 0.15) is 0 Å². The van der Waals surface area contributed by atoms with E-state index in [2.05, 4.69) is 62.2 Å². The van der Waals surface area contributed by atoms with Crippen molar-refractivity contribution < 1.29 is 0 Å². The molecule has 0 N–H and O–H groups in total. The first kappa shape index (κ1) is 19.1. The van der Waals surface area contributed by atoms with Crippen LogP contribution in [-0.4, -0.2) is 4.98 Å². The minimum atomic E-state index is 0.747. The second-order valence-electron chi connectivity index (χ2n) is 8.27. The molecule has 0 amide bonds. The van der Waals surface area contributed by atoms with Crippen LogP contribution in [0.2, 0.25) is 0 Å². The smallest absolute Gasteiger partial charge is 0.0702 e. The average Bonchev–Trinajstić information content (AvgIpc) is 2.69. The third kappa shape index (κ3) is 4.75. The van der Waals surface area contributed by atoms with Gasteiger partial charge in [-0.3, -0.25) is 4.98 Å². The lowest BCUT2D eigenvalue weighted by Gasteiger charge is -2.34. The minimum Gasteiger partial charge on any atom is -0.256 e. The molecule has 1 saturated carbocycles. The van der Waals surface area contributed by atoms with Crippen LogP contribution in [0.1, 0.15) is 82.8 Å². The van der Waals surface area contributed by atoms with E-state index in [1.54, 1.807) is 0 Å². The van der Waals surface area contributed by atoms with Crippen molar-refractivity contribution in [1.29, 1.82) is 0 Å². The molecule has 1 aromatic carbocycles. The van der Waals surface area contributed by atoms with Gasteiger partial charge in [0.25, 0.3) is 0 Å². The Balaban J connectivity index is 1.60. The third-order valence-electron chi connectivity index (χ3n) is 6.44. The number of unbranched alkanes of at least 4 members (excludes halogenated alkanes) is 2. The van der Waals surface area contributed by atoms with Crippen LogP contribution in [0.3, 0.4) is 0 Å². The normalized spacial score (nSPS) is 23.1. The van der Waals surface area contributed by atoms with Crippen molar-refractivity contribution in [3.63, 3.8) is 0 Å². The second-order valence-corrected chi connectivity index (χ2v) is 8.27. The van der Waals surface area contributed by atoms with Gasteiger partial charge in [-0.25, -0.2) is 0 Å². The van der Waals surface area contributed by atoms with Crippen LogP contribution in [0.25, 0.3) is 11.3 Å². The van der Waals surface area contributed by atoms with Gasteiger partial charge in [0.2, 0.25) is 0 Å². The lowest BCUT2D eigenvalue weighted by molar-refractivity contribution is 0.215. The SMILES string of the molecule is CCCCC[C@H]1CC[C@H](c2ccc(-c3ccc(CC)cn3)cc2)C[C@@H]1C. The predicted molar refractivity (Wildman–Crippen MR) is 112 cm³/mol. The second kappa shape index (κ2) is 9.35. The summed E-state index contributed by atoms with van der Waals surface area (Å²) in [5.74, 6) is 2.57. The zero-order chi connectivity index (χ0) is 18.4. The van der Waals surface area contributed by atoms with Gasteiger partial charge >= 0.3 is 0 Å². The molecule has 1 aliphatic carbocycles. The Kier molecular flexibility index (Phi) is 6.88. The Hall–Kier alpha value is -1.63. The maximum absolute atomic E-state index is 4.62. The van der Waals surface area contributed by atoms with E-state index in [9.17, 15) is 0 Å². The highest BCUT2D eigenvalue weighted by Gasteiger charge is 2.27. The molecule has 3 atom stereocenters. The fraction of sp³-hybridized carbons (Fsp3) is 0.560. The molecule has 140 valence electrons. The lowest BCUT2D eigenvalue weighted by atomic mass is 9.71. The summed E-state index contributed by atoms with van der Waals surface area (Å²) in [6.45, 7) is 6.96. The Morgan fingerprint density at radius 3 is 2.38 bits per heavy atom. The Labute approximate surface area is 160 Å². The fourth-order valence-electron chi connectivity index (χ4n) is 4.58. The van der Waals surface area contributed by atoms with Crippen LogP contribution in [0, 0.1) is 11.8 Å². The third-order valence-corrected chi connectivity index (χ3v) is 6.44. The molecule has 3 rings (SSSR count). The summed E-state index contributed by atoms with van der Waals surface area (Å²) in [5, 5.41) is 0. The molecule has 1 aromatic heterocycles. The monoisotopic (exact) mass is 349 g/mol. The topological polar surface area (TPSA) is 12.9 Å². The summed E-state index contributed by atoms with van der Waals surface area (Å²) in [6.07, 6.45) is 12.8. The molecule has 1 heteroatoms. The number of aromatic nitrogens is 1. The van der Waals surface area contributed by atoms with E-state index in [1.807, 2.05) is 6.20 Å². The molecule has 26 heavy (non-hydrogen) atoms. The van der Waals surface area contributed by atoms with Crippen LogP contribution in [-0.2, 0) is 6.42 Å². The summed E-state index contributed by atoms with van der Waals surface area (Å²) in [7, 11) is 0. The van der Waals surface area contributed by atoms with Crippen LogP contribution in [0.15, 0.2) is 42.6 Å². The highest BCUT2D eigenvalue weighted by Crippen LogP contribution is 2.41. The summed E-state index contributed by atoms with van der Waals surface area (Å²) in [5.41, 5.74) is 5.15. The minimum absolute atomic E-state index is 0.747. The molecule has 1 fully saturated rings. The van der Waals surface area contributed by atoms with Crippen molar-refractivity contribution in [2.75, 3.05) is 0 Å². The highest BCUT2D eigenvalue weighted by atomic mass is 14.7. The molecule has 1 heterocycles. The standard InChI is InChI=1S/C25H35N/c1-4-6-7-8-21-10-15-24(17-19(21)3)22-11-13-23(14-12-22)25-16-9-20(5-2)18-26-25/h9,11-14,16,18-19,21,24H,4-8,10,15,17H2,1-3H3/t19-,21-,24-/m0/s1. The van der Waals surface area contributed by atoms with Crippen molar-refractivity contribution in [1.82, 2.24) is 4.98 Å². The van der Waals surface area contributed by atoms with Crippen LogP contribution < -0.4 is 0 Å². The molecular weight excluding hydrogens is 314 g/mol. The summed E-state index contributed by atoms with van der Waals surface area (Å²) >= 11 is 0. The number of aryl methyl sites for hydroxylation is 1. The predicted octanol–water partition coefficient (Wildman–Crippen LogP) is 7.41. The molecule has 0 radical (unpaired) electrons. The largest absolute Gasteiger partial charge is 0.256 e. The molecule has 0 saturated heterocycles. The van der Waals surface area contributed by atoms with Gasteiger partial charge in [-0.2, -0.15) is 0 Å². The summed E-state index contributed by atoms with van der Waals surface area (Å²) < 4.78 is 0. The van der Waals surface area contributed by atoms with Crippen LogP contribution in [0.5, 0.6) is 0 Å². The molecule has 1 aliphatic rings. The van der Waals surface area contributed by atoms with Gasteiger partial charge in [0.05, 0.1) is 5.69 Å². The van der Waals surface area contributed by atoms with Gasteiger partial charge in [0.15, 0.2) is 0 Å². The Morgan fingerprint density at radius 2 is 1.77 bits per heavy atom. The molecule has 0 unspecified atom stereocenters. The number of nitrogens with zero attached hydrogens (tertiary/aromatic N) is 1. The van der Waals surface area contributed by atoms with Gasteiger partial charge < -0.3 is 0 Å². The molecule has 0 aliphatic heterocycles. The van der Waals surface area contributed by atoms with Crippen molar-refractivity contribution in [2.45, 2.75) is 78.1 Å². The maximum Gasteiger partial charge on any atom is 0.0702 e. The van der Waals surface area contributed by atoms with Crippen molar-refractivity contribution in [3.05, 3.63) is 53.7 Å². The quantitative estimate of drug-likeness (QED) is 0.474. The van der Waals surface area contributed by atoms with Crippen molar-refractivity contribution in [3.8, 4) is 11.3 Å². The van der Waals surface area contributed by atoms with Crippen molar-refractivity contribution >= 4 is 0 Å². The maximum atomic E-state index is 4.62. The van der Waals surface area contributed by atoms with Gasteiger partial charge in [-0.15, -0.1) is 0 Å². The molecule has 0 bridgehead atoms. The Bertz CT molecular complexity index is 656. The molecule has 0 spiro atoms. The van der Waals surface area contributed by atoms with E-state index in [0.717, 1.165) is 29.9 Å². The summed E-state index contributed by atoms with van der Waals surface area (Å²) in [6, 6.07) is 13.6. The zero-order valence-corrected chi connectivity index (χ0v) is 16.9. The van der Waals surface area contributed by atoms with E-state index in [4.69, 9.17) is 0 Å². The zero-order valence-electron chi connectivity index (χ0n) is 16.9. The van der Waals surface area contributed by atoms with E-state index in [1.165, 1.54) is 61.6 Å². The number of benzene rings is 1. The van der Waals surface area contributed by atoms with Gasteiger partial charge in [-0.05, 0) is 60.6 Å². The van der Waals surface area contributed by atoms with Crippen molar-refractivity contribution in [2.24, 2.45) is 11.8 Å². The van der Waals surface area contributed by atoms with Gasteiger partial charge in [-0.1, -0.05) is 76.8 Å².